The lowest BCUT2D eigenvalue weighted by Gasteiger charge is -2.32. The molecule has 4 rings (SSSR count). The number of ketones is 1. The average molecular weight is 356 g/mol. The monoisotopic (exact) mass is 356 g/mol. The largest absolute Gasteiger partial charge is 0.493 e. The Labute approximate surface area is 150 Å². The average Bonchev–Trinajstić information content (AvgIpc) is 3.13. The first-order chi connectivity index (χ1) is 12.7. The predicted octanol–water partition coefficient (Wildman–Crippen LogP) is 2.33. The Bertz CT molecular complexity index is 877. The number of ether oxygens (including phenoxy) is 3. The van der Waals surface area contributed by atoms with Crippen LogP contribution in [0.3, 0.4) is 0 Å². The van der Waals surface area contributed by atoms with Crippen LogP contribution in [0.1, 0.15) is 30.9 Å². The van der Waals surface area contributed by atoms with Crippen molar-refractivity contribution in [1.29, 1.82) is 0 Å². The minimum absolute atomic E-state index is 0.124. The Morgan fingerprint density at radius 2 is 1.85 bits per heavy atom. The molecular formula is C18H20N4O4. The van der Waals surface area contributed by atoms with Crippen LogP contribution in [0, 0.1) is 0 Å². The van der Waals surface area contributed by atoms with Crippen molar-refractivity contribution in [3.05, 3.63) is 35.3 Å². The summed E-state index contributed by atoms with van der Waals surface area (Å²) in [4.78, 5) is 17.0. The van der Waals surface area contributed by atoms with E-state index in [9.17, 15) is 4.79 Å². The molecule has 0 unspecified atom stereocenters. The first kappa shape index (κ1) is 16.4. The van der Waals surface area contributed by atoms with E-state index < -0.39 is 0 Å². The number of carbonyl (C=O) groups excluding carboxylic acids is 1. The van der Waals surface area contributed by atoms with E-state index in [1.807, 2.05) is 12.1 Å². The molecule has 0 radical (unpaired) electrons. The lowest BCUT2D eigenvalue weighted by molar-refractivity contribution is -0.116. The second-order valence-electron chi connectivity index (χ2n) is 6.18. The highest BCUT2D eigenvalue weighted by molar-refractivity contribution is 5.99. The third-order valence-corrected chi connectivity index (χ3v) is 4.81. The Morgan fingerprint density at radius 1 is 1.12 bits per heavy atom. The van der Waals surface area contributed by atoms with Gasteiger partial charge in [-0.15, -0.1) is 0 Å². The van der Waals surface area contributed by atoms with Crippen LogP contribution in [0.25, 0.3) is 0 Å². The van der Waals surface area contributed by atoms with E-state index in [0.29, 0.717) is 29.6 Å². The van der Waals surface area contributed by atoms with Gasteiger partial charge in [0.05, 0.1) is 21.3 Å². The highest BCUT2D eigenvalue weighted by Gasteiger charge is 2.37. The van der Waals surface area contributed by atoms with Crippen molar-refractivity contribution in [1.82, 2.24) is 14.8 Å². The molecule has 0 bridgehead atoms. The van der Waals surface area contributed by atoms with Gasteiger partial charge in [-0.25, -0.2) is 4.68 Å². The minimum atomic E-state index is -0.384. The number of methoxy groups -OCH3 is 3. The van der Waals surface area contributed by atoms with Crippen LogP contribution in [-0.4, -0.2) is 41.9 Å². The second kappa shape index (κ2) is 6.36. The lowest BCUT2D eigenvalue weighted by atomic mass is 9.85. The molecule has 1 aromatic carbocycles. The first-order valence-electron chi connectivity index (χ1n) is 8.40. The zero-order chi connectivity index (χ0) is 18.3. The molecular weight excluding hydrogens is 336 g/mol. The van der Waals surface area contributed by atoms with E-state index in [1.165, 1.54) is 6.33 Å². The topological polar surface area (TPSA) is 87.5 Å². The van der Waals surface area contributed by atoms with Crippen molar-refractivity contribution in [3.63, 3.8) is 0 Å². The maximum atomic E-state index is 12.7. The number of nitrogens with zero attached hydrogens (tertiary/aromatic N) is 3. The molecule has 0 saturated carbocycles. The smallest absolute Gasteiger partial charge is 0.226 e. The molecule has 2 heterocycles. The third kappa shape index (κ3) is 2.40. The number of hydrogen-bond donors (Lipinski definition) is 1. The van der Waals surface area contributed by atoms with E-state index in [1.54, 1.807) is 26.0 Å². The number of allylic oxidation sites excluding steroid dienone is 2. The predicted molar refractivity (Wildman–Crippen MR) is 93.8 cm³/mol. The fraction of sp³-hybridized carbons (Fsp3) is 0.389. The Balaban J connectivity index is 1.93. The number of fused-ring (bicyclic) bond motifs is 1. The maximum Gasteiger partial charge on any atom is 0.226 e. The number of Topliss-reactive ketones (excluding diaryl/α,β-unsaturated/α-hetero) is 1. The van der Waals surface area contributed by atoms with Gasteiger partial charge >= 0.3 is 0 Å². The number of benzene rings is 1. The summed E-state index contributed by atoms with van der Waals surface area (Å²) >= 11 is 0. The van der Waals surface area contributed by atoms with E-state index in [4.69, 9.17) is 14.2 Å². The van der Waals surface area contributed by atoms with E-state index in [2.05, 4.69) is 15.4 Å². The van der Waals surface area contributed by atoms with Crippen LogP contribution in [0.4, 0.5) is 5.95 Å². The number of anilines is 1. The van der Waals surface area contributed by atoms with Gasteiger partial charge in [0.15, 0.2) is 17.3 Å². The molecule has 1 atom stereocenters. The summed E-state index contributed by atoms with van der Waals surface area (Å²) in [5.74, 6) is 2.33. The highest BCUT2D eigenvalue weighted by Crippen LogP contribution is 2.45. The van der Waals surface area contributed by atoms with Crippen LogP contribution in [0.5, 0.6) is 17.2 Å². The quantitative estimate of drug-likeness (QED) is 0.899. The number of hydrogen-bond acceptors (Lipinski definition) is 7. The van der Waals surface area contributed by atoms with Crippen molar-refractivity contribution in [2.75, 3.05) is 26.6 Å². The summed E-state index contributed by atoms with van der Waals surface area (Å²) in [7, 11) is 4.70. The van der Waals surface area contributed by atoms with Gasteiger partial charge in [-0.1, -0.05) is 0 Å². The normalized spacial score (nSPS) is 18.7. The summed E-state index contributed by atoms with van der Waals surface area (Å²) in [6.07, 6.45) is 3.66. The summed E-state index contributed by atoms with van der Waals surface area (Å²) in [6, 6.07) is 3.33. The summed E-state index contributed by atoms with van der Waals surface area (Å²) < 4.78 is 18.1. The molecule has 0 fully saturated rings. The van der Waals surface area contributed by atoms with Gasteiger partial charge in [0.2, 0.25) is 11.7 Å². The van der Waals surface area contributed by atoms with Crippen molar-refractivity contribution >= 4 is 11.7 Å². The van der Waals surface area contributed by atoms with Crippen LogP contribution < -0.4 is 19.5 Å². The van der Waals surface area contributed by atoms with Crippen molar-refractivity contribution in [3.8, 4) is 17.2 Å². The highest BCUT2D eigenvalue weighted by atomic mass is 16.5. The van der Waals surface area contributed by atoms with Crippen molar-refractivity contribution < 1.29 is 19.0 Å². The Kier molecular flexibility index (Phi) is 4.02. The van der Waals surface area contributed by atoms with E-state index >= 15 is 0 Å². The number of nitrogens with one attached hydrogen (secondary N) is 1. The van der Waals surface area contributed by atoms with Gasteiger partial charge in [-0.3, -0.25) is 4.79 Å². The minimum Gasteiger partial charge on any atom is -0.493 e. The number of rotatable bonds is 4. The van der Waals surface area contributed by atoms with E-state index in [-0.39, 0.29) is 11.8 Å². The van der Waals surface area contributed by atoms with Crippen LogP contribution in [-0.2, 0) is 4.79 Å². The molecule has 8 heteroatoms. The van der Waals surface area contributed by atoms with Crippen molar-refractivity contribution in [2.24, 2.45) is 0 Å². The van der Waals surface area contributed by atoms with Gasteiger partial charge in [0.1, 0.15) is 12.4 Å². The first-order valence-corrected chi connectivity index (χ1v) is 8.40. The molecule has 1 aliphatic carbocycles. The van der Waals surface area contributed by atoms with Crippen LogP contribution >= 0.6 is 0 Å². The van der Waals surface area contributed by atoms with Gasteiger partial charge < -0.3 is 19.5 Å². The molecule has 1 N–H and O–H groups in total. The number of carbonyl (C=O) groups is 1. The molecule has 8 nitrogen and oxygen atoms in total. The fourth-order valence-electron chi connectivity index (χ4n) is 3.66. The second-order valence-corrected chi connectivity index (χ2v) is 6.18. The summed E-state index contributed by atoms with van der Waals surface area (Å²) in [6.45, 7) is 0. The van der Waals surface area contributed by atoms with Gasteiger partial charge in [-0.2, -0.15) is 10.1 Å². The fourth-order valence-corrected chi connectivity index (χ4v) is 3.66. The van der Waals surface area contributed by atoms with Gasteiger partial charge in [0, 0.05) is 17.7 Å². The molecule has 1 aliphatic heterocycles. The molecule has 0 saturated heterocycles. The standard InChI is InChI=1S/C18H20N4O4/c1-24-13-7-10(8-14(25-2)17(13)26-3)16-15-11(5-4-6-12(15)23)21-18-19-9-20-22(16)18/h7-9,16H,4-6H2,1-3H3,(H,19,20,21)/t16-/m1/s1. The molecule has 2 aromatic rings. The lowest BCUT2D eigenvalue weighted by Crippen LogP contribution is -2.31. The molecule has 0 spiro atoms. The Morgan fingerprint density at radius 3 is 2.50 bits per heavy atom. The Hall–Kier alpha value is -3.03. The molecule has 0 amide bonds. The third-order valence-electron chi connectivity index (χ3n) is 4.81. The maximum absolute atomic E-state index is 12.7. The number of aromatic nitrogens is 3. The van der Waals surface area contributed by atoms with Gasteiger partial charge in [0.25, 0.3) is 0 Å². The van der Waals surface area contributed by atoms with E-state index in [0.717, 1.165) is 29.7 Å². The molecule has 136 valence electrons. The van der Waals surface area contributed by atoms with Crippen LogP contribution in [0.2, 0.25) is 0 Å². The summed E-state index contributed by atoms with van der Waals surface area (Å²) in [5.41, 5.74) is 2.47. The van der Waals surface area contributed by atoms with Gasteiger partial charge in [-0.05, 0) is 30.5 Å². The zero-order valence-corrected chi connectivity index (χ0v) is 14.9. The van der Waals surface area contributed by atoms with Crippen LogP contribution in [0.15, 0.2) is 29.7 Å². The molecule has 1 aromatic heterocycles. The molecule has 2 aliphatic rings. The zero-order valence-electron chi connectivity index (χ0n) is 14.9. The molecule has 26 heavy (non-hydrogen) atoms. The summed E-state index contributed by atoms with van der Waals surface area (Å²) in [5, 5.41) is 7.59. The SMILES string of the molecule is COc1cc([C@@H]2C3=C(CCCC3=O)Nc3ncnn32)cc(OC)c1OC. The van der Waals surface area contributed by atoms with Crippen molar-refractivity contribution in [2.45, 2.75) is 25.3 Å².